The highest BCUT2D eigenvalue weighted by atomic mass is 16.5. The van der Waals surface area contributed by atoms with Crippen LogP contribution in [-0.2, 0) is 9.59 Å². The average Bonchev–Trinajstić information content (AvgIpc) is 2.85. The molecule has 0 bridgehead atoms. The van der Waals surface area contributed by atoms with E-state index >= 15 is 0 Å². The number of Topliss-reactive ketones (excluding diaryl/α,β-unsaturated/α-hetero) is 2. The van der Waals surface area contributed by atoms with Crippen molar-refractivity contribution in [1.29, 1.82) is 0 Å². The van der Waals surface area contributed by atoms with E-state index in [-0.39, 0.29) is 17.6 Å². The fourth-order valence-electron chi connectivity index (χ4n) is 2.85. The predicted molar refractivity (Wildman–Crippen MR) is 77.2 cm³/mol. The van der Waals surface area contributed by atoms with Crippen LogP contribution >= 0.6 is 0 Å². The van der Waals surface area contributed by atoms with Crippen LogP contribution in [0.1, 0.15) is 58.1 Å². The van der Waals surface area contributed by atoms with Gasteiger partial charge in [0.1, 0.15) is 11.6 Å². The molecule has 1 fully saturated rings. The SMILES string of the molecule is CC(=O)C(c1cc(OCC2CCC(=O)CC2)no1)C(C)C. The lowest BCUT2D eigenvalue weighted by Crippen LogP contribution is -2.19. The first-order valence-corrected chi connectivity index (χ1v) is 7.59. The summed E-state index contributed by atoms with van der Waals surface area (Å²) in [5, 5.41) is 3.88. The molecule has 1 aromatic rings. The van der Waals surface area contributed by atoms with E-state index in [0.717, 1.165) is 12.8 Å². The summed E-state index contributed by atoms with van der Waals surface area (Å²) in [6.45, 7) is 6.07. The van der Waals surface area contributed by atoms with Gasteiger partial charge in [-0.3, -0.25) is 9.59 Å². The van der Waals surface area contributed by atoms with E-state index in [1.165, 1.54) is 0 Å². The molecule has 21 heavy (non-hydrogen) atoms. The Bertz CT molecular complexity index is 496. The largest absolute Gasteiger partial charge is 0.475 e. The maximum atomic E-state index is 11.7. The molecular formula is C16H23NO4. The molecule has 1 atom stereocenters. The van der Waals surface area contributed by atoms with Gasteiger partial charge in [0.15, 0.2) is 5.76 Å². The Hall–Kier alpha value is -1.65. The minimum absolute atomic E-state index is 0.0680. The van der Waals surface area contributed by atoms with E-state index < -0.39 is 0 Å². The zero-order chi connectivity index (χ0) is 15.4. The van der Waals surface area contributed by atoms with Gasteiger partial charge in [-0.25, -0.2) is 0 Å². The van der Waals surface area contributed by atoms with Crippen LogP contribution in [0.4, 0.5) is 0 Å². The molecule has 0 aliphatic heterocycles. The molecule has 0 amide bonds. The van der Waals surface area contributed by atoms with Crippen LogP contribution in [-0.4, -0.2) is 23.3 Å². The van der Waals surface area contributed by atoms with E-state index in [4.69, 9.17) is 9.26 Å². The highest BCUT2D eigenvalue weighted by Gasteiger charge is 2.26. The lowest BCUT2D eigenvalue weighted by Gasteiger charge is -2.20. The Kier molecular flexibility index (Phi) is 5.15. The molecule has 1 aliphatic rings. The van der Waals surface area contributed by atoms with Crippen LogP contribution in [0.25, 0.3) is 0 Å². The van der Waals surface area contributed by atoms with Crippen LogP contribution < -0.4 is 4.74 Å². The highest BCUT2D eigenvalue weighted by Crippen LogP contribution is 2.29. The van der Waals surface area contributed by atoms with Crippen molar-refractivity contribution in [2.45, 2.75) is 52.4 Å². The standard InChI is InChI=1S/C16H23NO4/c1-10(2)16(11(3)18)14-8-15(17-21-14)20-9-12-4-6-13(19)7-5-12/h8,10,12,16H,4-7,9H2,1-3H3. The third-order valence-corrected chi connectivity index (χ3v) is 4.05. The van der Waals surface area contributed by atoms with Crippen LogP contribution in [0.2, 0.25) is 0 Å². The summed E-state index contributed by atoms with van der Waals surface area (Å²) in [5.74, 6) is 1.68. The van der Waals surface area contributed by atoms with Crippen molar-refractivity contribution in [3.05, 3.63) is 11.8 Å². The lowest BCUT2D eigenvalue weighted by atomic mass is 9.89. The highest BCUT2D eigenvalue weighted by molar-refractivity contribution is 5.83. The summed E-state index contributed by atoms with van der Waals surface area (Å²) in [6.07, 6.45) is 3.06. The van der Waals surface area contributed by atoms with Gasteiger partial charge in [0, 0.05) is 18.9 Å². The predicted octanol–water partition coefficient (Wildman–Crippen LogP) is 3.14. The maximum absolute atomic E-state index is 11.7. The number of nitrogens with zero attached hydrogens (tertiary/aromatic N) is 1. The first-order valence-electron chi connectivity index (χ1n) is 7.59. The molecule has 1 saturated carbocycles. The van der Waals surface area contributed by atoms with Crippen molar-refractivity contribution < 1.29 is 18.8 Å². The van der Waals surface area contributed by atoms with E-state index in [2.05, 4.69) is 5.16 Å². The van der Waals surface area contributed by atoms with Gasteiger partial charge in [0.25, 0.3) is 5.88 Å². The first-order chi connectivity index (χ1) is 9.97. The van der Waals surface area contributed by atoms with Gasteiger partial charge in [-0.2, -0.15) is 0 Å². The summed E-state index contributed by atoms with van der Waals surface area (Å²) in [6, 6.07) is 1.71. The van der Waals surface area contributed by atoms with E-state index in [1.807, 2.05) is 13.8 Å². The van der Waals surface area contributed by atoms with E-state index in [0.29, 0.717) is 42.8 Å². The van der Waals surface area contributed by atoms with Crippen LogP contribution in [0.3, 0.4) is 0 Å². The molecule has 1 unspecified atom stereocenters. The van der Waals surface area contributed by atoms with Crippen molar-refractivity contribution in [2.24, 2.45) is 11.8 Å². The Morgan fingerprint density at radius 1 is 1.43 bits per heavy atom. The van der Waals surface area contributed by atoms with Gasteiger partial charge in [-0.1, -0.05) is 13.8 Å². The number of ketones is 2. The van der Waals surface area contributed by atoms with Gasteiger partial charge in [0.05, 0.1) is 12.5 Å². The van der Waals surface area contributed by atoms with Crippen molar-refractivity contribution in [1.82, 2.24) is 5.16 Å². The van der Waals surface area contributed by atoms with E-state index in [1.54, 1.807) is 13.0 Å². The second kappa shape index (κ2) is 6.87. The van der Waals surface area contributed by atoms with Gasteiger partial charge in [-0.05, 0) is 36.8 Å². The summed E-state index contributed by atoms with van der Waals surface area (Å²) in [4.78, 5) is 22.9. The maximum Gasteiger partial charge on any atom is 0.254 e. The normalized spacial score (nSPS) is 18.0. The molecule has 0 saturated heterocycles. The topological polar surface area (TPSA) is 69.4 Å². The number of carbonyl (C=O) groups excluding carboxylic acids is 2. The fourth-order valence-corrected chi connectivity index (χ4v) is 2.85. The van der Waals surface area contributed by atoms with Crippen molar-refractivity contribution in [3.8, 4) is 5.88 Å². The Morgan fingerprint density at radius 3 is 2.67 bits per heavy atom. The number of carbonyl (C=O) groups is 2. The number of hydrogen-bond acceptors (Lipinski definition) is 5. The number of hydrogen-bond donors (Lipinski definition) is 0. The van der Waals surface area contributed by atoms with Gasteiger partial charge < -0.3 is 9.26 Å². The molecule has 0 spiro atoms. The molecular weight excluding hydrogens is 270 g/mol. The minimum atomic E-state index is -0.276. The molecule has 0 aromatic carbocycles. The quantitative estimate of drug-likeness (QED) is 0.806. The Labute approximate surface area is 125 Å². The average molecular weight is 293 g/mol. The third-order valence-electron chi connectivity index (χ3n) is 4.05. The molecule has 2 rings (SSSR count). The molecule has 1 aromatic heterocycles. The van der Waals surface area contributed by atoms with Crippen molar-refractivity contribution in [3.63, 3.8) is 0 Å². The van der Waals surface area contributed by atoms with Crippen LogP contribution in [0, 0.1) is 11.8 Å². The molecule has 0 N–H and O–H groups in total. The molecule has 0 radical (unpaired) electrons. The van der Waals surface area contributed by atoms with Gasteiger partial charge in [0.2, 0.25) is 0 Å². The zero-order valence-corrected chi connectivity index (χ0v) is 12.9. The number of aromatic nitrogens is 1. The summed E-state index contributed by atoms with van der Waals surface area (Å²) in [7, 11) is 0. The Morgan fingerprint density at radius 2 is 2.10 bits per heavy atom. The monoisotopic (exact) mass is 293 g/mol. The van der Waals surface area contributed by atoms with Crippen molar-refractivity contribution >= 4 is 11.6 Å². The first kappa shape index (κ1) is 15.7. The van der Waals surface area contributed by atoms with Crippen molar-refractivity contribution in [2.75, 3.05) is 6.61 Å². The molecule has 1 heterocycles. The zero-order valence-electron chi connectivity index (χ0n) is 12.9. The second-order valence-corrected chi connectivity index (χ2v) is 6.19. The fraction of sp³-hybridized carbons (Fsp3) is 0.688. The number of rotatable bonds is 6. The number of ether oxygens (including phenoxy) is 1. The smallest absolute Gasteiger partial charge is 0.254 e. The lowest BCUT2D eigenvalue weighted by molar-refractivity contribution is -0.121. The molecule has 1 aliphatic carbocycles. The molecule has 5 nitrogen and oxygen atoms in total. The van der Waals surface area contributed by atoms with Gasteiger partial charge in [-0.15, -0.1) is 0 Å². The summed E-state index contributed by atoms with van der Waals surface area (Å²) >= 11 is 0. The molecule has 116 valence electrons. The van der Waals surface area contributed by atoms with Crippen LogP contribution in [0.5, 0.6) is 5.88 Å². The third kappa shape index (κ3) is 4.16. The van der Waals surface area contributed by atoms with Crippen LogP contribution in [0.15, 0.2) is 10.6 Å². The summed E-state index contributed by atoms with van der Waals surface area (Å²) in [5.41, 5.74) is 0. The molecule has 5 heteroatoms. The second-order valence-electron chi connectivity index (χ2n) is 6.19. The van der Waals surface area contributed by atoms with Gasteiger partial charge >= 0.3 is 0 Å². The summed E-state index contributed by atoms with van der Waals surface area (Å²) < 4.78 is 10.9. The minimum Gasteiger partial charge on any atom is -0.475 e. The van der Waals surface area contributed by atoms with E-state index in [9.17, 15) is 9.59 Å². The Balaban J connectivity index is 1.91.